The molecule has 6 heterocycles. The van der Waals surface area contributed by atoms with E-state index in [1.165, 1.54) is 185 Å². The summed E-state index contributed by atoms with van der Waals surface area (Å²) in [4.78, 5) is 49.8. The summed E-state index contributed by atoms with van der Waals surface area (Å²) in [5.41, 5.74) is 14.1. The monoisotopic (exact) mass is 1300 g/mol. The summed E-state index contributed by atoms with van der Waals surface area (Å²) < 4.78 is 1.83. The Labute approximate surface area is 527 Å². The summed E-state index contributed by atoms with van der Waals surface area (Å²) in [6, 6.07) is 23.3. The molecule has 3 aromatic carbocycles. The molecule has 0 unspecified atom stereocenters. The van der Waals surface area contributed by atoms with Crippen molar-refractivity contribution in [3.05, 3.63) is 146 Å². The molecule has 0 saturated heterocycles. The summed E-state index contributed by atoms with van der Waals surface area (Å²) in [5.74, 6) is 0. The second-order valence-electron chi connectivity index (χ2n) is 23.1. The molecule has 450 valence electrons. The fourth-order valence-electron chi connectivity index (χ4n) is 12.3. The van der Waals surface area contributed by atoms with Crippen molar-refractivity contribution in [3.8, 4) is 0 Å². The van der Waals surface area contributed by atoms with Crippen LogP contribution < -0.4 is 11.1 Å². The molecule has 0 aliphatic heterocycles. The van der Waals surface area contributed by atoms with Crippen LogP contribution in [-0.4, -0.2) is 29.9 Å². The molecule has 0 spiro atoms. The van der Waals surface area contributed by atoms with Crippen LogP contribution in [0, 0.1) is 0 Å². The van der Waals surface area contributed by atoms with Crippen LogP contribution in [0.15, 0.2) is 91.6 Å². The van der Waals surface area contributed by atoms with Gasteiger partial charge in [0.15, 0.2) is 0 Å². The quantitative estimate of drug-likeness (QED) is 0.0263. The Bertz CT molecular complexity index is 3300. The number of aromatic nitrogens is 6. The highest BCUT2D eigenvalue weighted by Gasteiger charge is 2.20. The maximum Gasteiger partial charge on any atom is 0.248 e. The van der Waals surface area contributed by atoms with Gasteiger partial charge in [0, 0.05) is 44.5 Å². The number of H-pyrrole nitrogens is 2. The number of hydrogen-bond acceptors (Lipinski definition) is 6. The molecule has 9 rings (SSSR count). The van der Waals surface area contributed by atoms with Gasteiger partial charge in [-0.1, -0.05) is 180 Å². The van der Waals surface area contributed by atoms with E-state index >= 15 is 0 Å². The first kappa shape index (κ1) is 66.8. The largest absolute Gasteiger partial charge is 0.322 e. The molecule has 0 amide bonds. The zero-order chi connectivity index (χ0) is 59.8. The maximum atomic E-state index is 12.1. The van der Waals surface area contributed by atoms with Gasteiger partial charge in [0.05, 0.1) is 33.1 Å². The first-order valence-electron chi connectivity index (χ1n) is 32.3. The third-order valence-electron chi connectivity index (χ3n) is 16.7. The highest BCUT2D eigenvalue weighted by atomic mass is 79.9. The average Bonchev–Trinajstić information content (AvgIpc) is 2.51. The van der Waals surface area contributed by atoms with Crippen LogP contribution in [-0.2, 0) is 38.5 Å². The highest BCUT2D eigenvalue weighted by molar-refractivity contribution is 9.10. The van der Waals surface area contributed by atoms with Crippen LogP contribution in [0.2, 0.25) is 10.3 Å². The number of nitrogens with zero attached hydrogens (tertiary/aromatic N) is 4. The summed E-state index contributed by atoms with van der Waals surface area (Å²) >= 11 is 19.8. The van der Waals surface area contributed by atoms with E-state index in [0.717, 1.165) is 115 Å². The summed E-state index contributed by atoms with van der Waals surface area (Å²) in [7, 11) is 0. The standard InChI is InChI=1S/C24H30Br2N2.C24H30Cl2N2.C24H32N2O2/c2*1-3-5-7-9-11-17-18(12-10-8-6-4-2)24-20(14-16-22(26)28-24)19-13-15-21(25)27-23(17)19;1-3-5-7-9-11-17-18(12-10-8-6-4-2)24-20(14-16-22(28)26-24)19-13-15-21(27)25-23(17)19/h2*13-16H,3-12H2,1-2H3;13-16H,3-12H2,1-2H3,(H,25,27)(H,26,28). The zero-order valence-electron chi connectivity index (χ0n) is 51.3. The number of pyridine rings is 6. The van der Waals surface area contributed by atoms with E-state index in [0.29, 0.717) is 10.3 Å². The van der Waals surface area contributed by atoms with Gasteiger partial charge >= 0.3 is 0 Å². The van der Waals surface area contributed by atoms with Crippen molar-refractivity contribution in [1.29, 1.82) is 0 Å². The minimum absolute atomic E-state index is 0.0667. The number of rotatable bonds is 30. The minimum atomic E-state index is -0.0667. The molecule has 0 aliphatic carbocycles. The van der Waals surface area contributed by atoms with Crippen molar-refractivity contribution in [2.45, 2.75) is 234 Å². The Morgan fingerprint density at radius 3 is 0.845 bits per heavy atom. The number of hydrogen-bond donors (Lipinski definition) is 2. The van der Waals surface area contributed by atoms with E-state index in [1.54, 1.807) is 12.1 Å². The fourth-order valence-corrected chi connectivity index (χ4v) is 13.2. The summed E-state index contributed by atoms with van der Waals surface area (Å²) in [6.45, 7) is 13.5. The van der Waals surface area contributed by atoms with Crippen molar-refractivity contribution in [2.24, 2.45) is 0 Å². The topological polar surface area (TPSA) is 117 Å². The van der Waals surface area contributed by atoms with E-state index in [9.17, 15) is 9.59 Å². The fraction of sp³-hybridized carbons (Fsp3) is 0.500. The second kappa shape index (κ2) is 35.2. The molecule has 0 fully saturated rings. The normalized spacial score (nSPS) is 11.5. The Morgan fingerprint density at radius 1 is 0.310 bits per heavy atom. The van der Waals surface area contributed by atoms with Crippen molar-refractivity contribution < 1.29 is 0 Å². The first-order chi connectivity index (χ1) is 41.0. The third-order valence-corrected chi connectivity index (χ3v) is 18.0. The predicted octanol–water partition coefficient (Wildman–Crippen LogP) is 22.5. The van der Waals surface area contributed by atoms with Gasteiger partial charge in [-0.15, -0.1) is 0 Å². The molecule has 0 radical (unpaired) electrons. The van der Waals surface area contributed by atoms with E-state index < -0.39 is 0 Å². The van der Waals surface area contributed by atoms with Gasteiger partial charge in [-0.3, -0.25) is 9.59 Å². The number of halogens is 4. The first-order valence-corrected chi connectivity index (χ1v) is 34.6. The number of benzene rings is 3. The van der Waals surface area contributed by atoms with Crippen LogP contribution in [0.5, 0.6) is 0 Å². The van der Waals surface area contributed by atoms with Crippen molar-refractivity contribution in [2.75, 3.05) is 0 Å². The minimum Gasteiger partial charge on any atom is -0.322 e. The molecule has 12 heteroatoms. The van der Waals surface area contributed by atoms with Gasteiger partial charge in [0.25, 0.3) is 0 Å². The Hall–Kier alpha value is -4.74. The van der Waals surface area contributed by atoms with Crippen molar-refractivity contribution in [1.82, 2.24) is 29.9 Å². The van der Waals surface area contributed by atoms with Gasteiger partial charge in [-0.05, 0) is 203 Å². The molecule has 8 nitrogen and oxygen atoms in total. The lowest BCUT2D eigenvalue weighted by molar-refractivity contribution is 0.653. The predicted molar refractivity (Wildman–Crippen MR) is 369 cm³/mol. The zero-order valence-corrected chi connectivity index (χ0v) is 55.9. The lowest BCUT2D eigenvalue weighted by Crippen LogP contribution is -2.11. The average molecular weight is 1300 g/mol. The van der Waals surface area contributed by atoms with Crippen molar-refractivity contribution >= 4 is 120 Å². The molecule has 0 saturated carbocycles. The Kier molecular flexibility index (Phi) is 28.0. The van der Waals surface area contributed by atoms with Crippen LogP contribution in [0.25, 0.3) is 65.4 Å². The second-order valence-corrected chi connectivity index (χ2v) is 25.5. The van der Waals surface area contributed by atoms with Crippen LogP contribution in [0.1, 0.15) is 229 Å². The van der Waals surface area contributed by atoms with E-state index in [4.69, 9.17) is 43.1 Å². The Morgan fingerprint density at radius 2 is 0.560 bits per heavy atom. The number of fused-ring (bicyclic) bond motifs is 9. The van der Waals surface area contributed by atoms with Gasteiger partial charge in [0.2, 0.25) is 11.1 Å². The molecular formula is C72H92Br2Cl2N6O2. The molecule has 6 aromatic heterocycles. The smallest absolute Gasteiger partial charge is 0.248 e. The summed E-state index contributed by atoms with van der Waals surface area (Å²) in [6.07, 6.45) is 35.5. The molecule has 0 atom stereocenters. The Balaban J connectivity index is 0.000000181. The summed E-state index contributed by atoms with van der Waals surface area (Å²) in [5, 5.41) is 7.86. The van der Waals surface area contributed by atoms with E-state index in [1.807, 2.05) is 36.4 Å². The molecule has 0 aliphatic rings. The number of aromatic amines is 2. The lowest BCUT2D eigenvalue weighted by Gasteiger charge is -2.17. The number of aryl methyl sites for hydroxylation is 6. The molecule has 0 bridgehead atoms. The lowest BCUT2D eigenvalue weighted by atomic mass is 9.91. The molecule has 84 heavy (non-hydrogen) atoms. The van der Waals surface area contributed by atoms with Crippen molar-refractivity contribution in [3.63, 3.8) is 0 Å². The molecule has 9 aromatic rings. The van der Waals surface area contributed by atoms with Crippen LogP contribution in [0.4, 0.5) is 0 Å². The molecular weight excluding hydrogens is 1210 g/mol. The van der Waals surface area contributed by atoms with E-state index in [2.05, 4.69) is 108 Å². The van der Waals surface area contributed by atoms with Gasteiger partial charge in [-0.2, -0.15) is 0 Å². The van der Waals surface area contributed by atoms with Crippen LogP contribution >= 0.6 is 55.1 Å². The third kappa shape index (κ3) is 18.2. The van der Waals surface area contributed by atoms with Gasteiger partial charge in [0.1, 0.15) is 19.5 Å². The van der Waals surface area contributed by atoms with Gasteiger partial charge < -0.3 is 9.97 Å². The SMILES string of the molecule is CCCCCCc1c(CCCCCC)c2[nH]c(=O)ccc2c2ccc(=O)[nH]c12.CCCCCCc1c(CCCCCC)c2nc(Br)ccc2c2ccc(Br)nc12.CCCCCCc1c(CCCCCC)c2nc(Cl)ccc2c2ccc(Cl)nc12. The number of unbranched alkanes of at least 4 members (excludes halogenated alkanes) is 18. The maximum absolute atomic E-state index is 12.1. The van der Waals surface area contributed by atoms with Crippen LogP contribution in [0.3, 0.4) is 0 Å². The van der Waals surface area contributed by atoms with E-state index in [-0.39, 0.29) is 11.1 Å². The molecule has 2 N–H and O–H groups in total. The highest BCUT2D eigenvalue weighted by Crippen LogP contribution is 2.38. The van der Waals surface area contributed by atoms with Gasteiger partial charge in [-0.25, -0.2) is 19.9 Å². The number of nitrogens with one attached hydrogen (secondary N) is 2.